The van der Waals surface area contributed by atoms with E-state index in [1.54, 1.807) is 0 Å². The van der Waals surface area contributed by atoms with Gasteiger partial charge < -0.3 is 10.2 Å². The Morgan fingerprint density at radius 3 is 0.838 bits per heavy atom. The molecule has 0 aromatic heterocycles. The van der Waals surface area contributed by atoms with Crippen LogP contribution in [0.5, 0.6) is 0 Å². The zero-order valence-electron chi connectivity index (χ0n) is 19.8. The van der Waals surface area contributed by atoms with E-state index in [1.807, 2.05) is 0 Å². The zero-order chi connectivity index (χ0) is 31.4. The van der Waals surface area contributed by atoms with Crippen LogP contribution in [0.1, 0.15) is 48.0 Å². The molecule has 0 unspecified atom stereocenters. The topological polar surface area (TPSA) is 40.5 Å². The van der Waals surface area contributed by atoms with Crippen LogP contribution in [0, 0.1) is 17.8 Å². The van der Waals surface area contributed by atoms with Gasteiger partial charge in [-0.15, -0.1) is 0 Å². The molecule has 0 rings (SSSR count). The van der Waals surface area contributed by atoms with Crippen molar-refractivity contribution in [2.45, 2.75) is 96.0 Å². The number of aliphatic hydroxyl groups is 2. The smallest absolute Gasteiger partial charge is 0.331 e. The quantitative estimate of drug-likeness (QED) is 0.277. The van der Waals surface area contributed by atoms with E-state index in [1.165, 1.54) is 13.8 Å². The molecule has 0 heterocycles. The van der Waals surface area contributed by atoms with Crippen molar-refractivity contribution in [1.29, 1.82) is 0 Å². The molecule has 0 fully saturated rings. The Hall–Kier alpha value is -1.27. The standard InChI is InChI=1S/C9H16F4.C6H8F6O.C3HF7O/c1-6(2)5-8(10,11)9(12,13)7(3)4;1-3(2)4(7,8)5(9,10)6(11,12)13;4-1(5,2(6,7)8)3(9,10)11/h6-7H,5H2,1-4H3;3,13H,1-2H3;11H. The van der Waals surface area contributed by atoms with Gasteiger partial charge in [0.05, 0.1) is 0 Å². The fourth-order valence-electron chi connectivity index (χ4n) is 1.80. The van der Waals surface area contributed by atoms with Gasteiger partial charge in [0.2, 0.25) is 0 Å². The number of halogens is 17. The normalized spacial score (nSPS) is 14.9. The Morgan fingerprint density at radius 1 is 0.459 bits per heavy atom. The van der Waals surface area contributed by atoms with E-state index in [0.29, 0.717) is 13.8 Å². The molecule has 2 nitrogen and oxygen atoms in total. The van der Waals surface area contributed by atoms with Gasteiger partial charge in [-0.1, -0.05) is 41.5 Å². The predicted molar refractivity (Wildman–Crippen MR) is 94.3 cm³/mol. The second-order valence-corrected chi connectivity index (χ2v) is 8.59. The average molecular weight is 596 g/mol. The lowest BCUT2D eigenvalue weighted by Gasteiger charge is -2.31. The molecule has 0 bridgehead atoms. The molecule has 0 aromatic carbocycles. The van der Waals surface area contributed by atoms with Crippen molar-refractivity contribution in [2.24, 2.45) is 17.8 Å². The molecule has 0 atom stereocenters. The summed E-state index contributed by atoms with van der Waals surface area (Å²) in [5.74, 6) is -28.7. The maximum absolute atomic E-state index is 13.0. The van der Waals surface area contributed by atoms with Crippen molar-refractivity contribution in [1.82, 2.24) is 0 Å². The summed E-state index contributed by atoms with van der Waals surface area (Å²) < 4.78 is 202. The third kappa shape index (κ3) is 10.1. The molecule has 2 N–H and O–H groups in total. The van der Waals surface area contributed by atoms with E-state index in [4.69, 9.17) is 10.2 Å². The number of rotatable bonds is 8. The highest BCUT2D eigenvalue weighted by molar-refractivity contribution is 4.92. The lowest BCUT2D eigenvalue weighted by Crippen LogP contribution is -2.56. The number of hydrogen-bond donors (Lipinski definition) is 2. The van der Waals surface area contributed by atoms with Crippen LogP contribution < -0.4 is 0 Å². The van der Waals surface area contributed by atoms with Crippen LogP contribution in [0.3, 0.4) is 0 Å². The molecule has 0 saturated heterocycles. The summed E-state index contributed by atoms with van der Waals surface area (Å²) in [6, 6.07) is 0. The summed E-state index contributed by atoms with van der Waals surface area (Å²) in [6.07, 6.45) is -19.0. The first-order valence-electron chi connectivity index (χ1n) is 9.71. The minimum absolute atomic E-state index is 0.431. The van der Waals surface area contributed by atoms with Gasteiger partial charge in [-0.05, 0) is 5.92 Å². The highest BCUT2D eigenvalue weighted by Crippen LogP contribution is 2.48. The summed E-state index contributed by atoms with van der Waals surface area (Å²) in [7, 11) is 0. The molecular formula is C18H25F17O2. The Labute approximate surface area is 199 Å². The molecule has 19 heteroatoms. The second-order valence-electron chi connectivity index (χ2n) is 8.59. The molecule has 0 saturated carbocycles. The van der Waals surface area contributed by atoms with Crippen molar-refractivity contribution in [3.05, 3.63) is 0 Å². The molecule has 37 heavy (non-hydrogen) atoms. The molecule has 228 valence electrons. The van der Waals surface area contributed by atoms with Crippen molar-refractivity contribution < 1.29 is 84.9 Å². The molecule has 0 radical (unpaired) electrons. The van der Waals surface area contributed by atoms with E-state index >= 15 is 0 Å². The minimum atomic E-state index is -6.45. The van der Waals surface area contributed by atoms with Gasteiger partial charge in [0.15, 0.2) is 0 Å². The van der Waals surface area contributed by atoms with Crippen LogP contribution in [0.2, 0.25) is 0 Å². The Balaban J connectivity index is -0.000000471. The molecule has 0 aliphatic heterocycles. The summed E-state index contributed by atoms with van der Waals surface area (Å²) >= 11 is 0. The Kier molecular flexibility index (Phi) is 13.3. The first-order valence-corrected chi connectivity index (χ1v) is 9.71. The number of alkyl halides is 17. The molecule has 0 aromatic rings. The second kappa shape index (κ2) is 12.3. The predicted octanol–water partition coefficient (Wildman–Crippen LogP) is 8.23. The van der Waals surface area contributed by atoms with Gasteiger partial charge in [-0.2, -0.15) is 74.6 Å². The Bertz CT molecular complexity index is 655. The van der Waals surface area contributed by atoms with Crippen LogP contribution >= 0.6 is 0 Å². The van der Waals surface area contributed by atoms with E-state index in [-0.39, 0.29) is 0 Å². The van der Waals surface area contributed by atoms with Crippen molar-refractivity contribution in [3.8, 4) is 0 Å². The van der Waals surface area contributed by atoms with Gasteiger partial charge in [0, 0.05) is 18.3 Å². The number of hydrogen-bond acceptors (Lipinski definition) is 2. The van der Waals surface area contributed by atoms with Gasteiger partial charge in [0.1, 0.15) is 0 Å². The maximum atomic E-state index is 13.0. The van der Waals surface area contributed by atoms with E-state index < -0.39 is 72.2 Å². The summed E-state index contributed by atoms with van der Waals surface area (Å²) in [4.78, 5) is 0. The highest BCUT2D eigenvalue weighted by Gasteiger charge is 2.73. The fourth-order valence-corrected chi connectivity index (χ4v) is 1.80. The van der Waals surface area contributed by atoms with E-state index in [2.05, 4.69) is 0 Å². The molecule has 0 aliphatic carbocycles. The van der Waals surface area contributed by atoms with Crippen LogP contribution in [0.4, 0.5) is 74.6 Å². The van der Waals surface area contributed by atoms with Crippen LogP contribution in [-0.2, 0) is 0 Å². The lowest BCUT2D eigenvalue weighted by molar-refractivity contribution is -0.412. The summed E-state index contributed by atoms with van der Waals surface area (Å²) in [5.41, 5.74) is 0. The Morgan fingerprint density at radius 2 is 0.730 bits per heavy atom. The largest absolute Gasteiger partial charge is 0.462 e. The lowest BCUT2D eigenvalue weighted by atomic mass is 9.93. The van der Waals surface area contributed by atoms with Gasteiger partial charge >= 0.3 is 48.0 Å². The highest BCUT2D eigenvalue weighted by atomic mass is 19.4. The minimum Gasteiger partial charge on any atom is -0.331 e. The van der Waals surface area contributed by atoms with E-state index in [0.717, 1.165) is 13.8 Å². The molecule has 0 amide bonds. The SMILES string of the molecule is CC(C)C(F)(F)C(F)(F)C(O)(F)F.CC(C)CC(F)(F)C(F)(F)C(C)C.OC(F)(F)C(F)(F)C(F)(F)F. The van der Waals surface area contributed by atoms with E-state index in [9.17, 15) is 74.6 Å². The first kappa shape index (κ1) is 40.2. The molecular weight excluding hydrogens is 571 g/mol. The average Bonchev–Trinajstić information content (AvgIpc) is 2.58. The molecule has 0 aliphatic rings. The third-order valence-electron chi connectivity index (χ3n) is 4.13. The van der Waals surface area contributed by atoms with Crippen molar-refractivity contribution in [2.75, 3.05) is 0 Å². The monoisotopic (exact) mass is 596 g/mol. The summed E-state index contributed by atoms with van der Waals surface area (Å²) in [6.45, 7) is 6.52. The van der Waals surface area contributed by atoms with Gasteiger partial charge in [0.25, 0.3) is 0 Å². The van der Waals surface area contributed by atoms with Crippen LogP contribution in [-0.4, -0.2) is 58.2 Å². The summed E-state index contributed by atoms with van der Waals surface area (Å²) in [5, 5.41) is 14.6. The fraction of sp³-hybridized carbons (Fsp3) is 1.00. The van der Waals surface area contributed by atoms with Crippen LogP contribution in [0.15, 0.2) is 0 Å². The zero-order valence-corrected chi connectivity index (χ0v) is 19.8. The van der Waals surface area contributed by atoms with Crippen molar-refractivity contribution >= 4 is 0 Å². The third-order valence-corrected chi connectivity index (χ3v) is 4.13. The van der Waals surface area contributed by atoms with Gasteiger partial charge in [-0.25, -0.2) is 0 Å². The maximum Gasteiger partial charge on any atom is 0.462 e. The van der Waals surface area contributed by atoms with Crippen molar-refractivity contribution in [3.63, 3.8) is 0 Å². The first-order chi connectivity index (χ1) is 15.6. The van der Waals surface area contributed by atoms with Gasteiger partial charge in [-0.3, -0.25) is 0 Å². The molecule has 0 spiro atoms. The van der Waals surface area contributed by atoms with Crippen LogP contribution in [0.25, 0.3) is 0 Å².